The first-order chi connectivity index (χ1) is 22.8. The molecule has 1 atom stereocenters. The summed E-state index contributed by atoms with van der Waals surface area (Å²) in [7, 11) is 0. The van der Waals surface area contributed by atoms with E-state index in [0.717, 1.165) is 32.5 Å². The Hall–Kier alpha value is -5.10. The maximum Gasteiger partial charge on any atom is 0.348 e. The fourth-order valence-corrected chi connectivity index (χ4v) is 4.55. The molecule has 4 aliphatic heterocycles. The predicted octanol–water partition coefficient (Wildman–Crippen LogP) is 5.73. The molecule has 0 radical (unpaired) electrons. The van der Waals surface area contributed by atoms with E-state index in [2.05, 4.69) is 0 Å². The lowest BCUT2D eigenvalue weighted by molar-refractivity contribution is -0.224. The summed E-state index contributed by atoms with van der Waals surface area (Å²) in [5, 5.41) is 9.13. The number of phenolic OH excluding ortho intramolecular Hbond substituents is 1. The number of aromatic hydroxyl groups is 1. The van der Waals surface area contributed by atoms with Crippen molar-refractivity contribution in [1.29, 1.82) is 0 Å². The van der Waals surface area contributed by atoms with E-state index in [1.54, 1.807) is 42.7 Å². The number of allylic oxidation sites excluding steroid dienone is 1. The molecule has 4 heterocycles. The Morgan fingerprint density at radius 1 is 0.688 bits per heavy atom. The topological polar surface area (TPSA) is 153 Å². The van der Waals surface area contributed by atoms with Gasteiger partial charge in [0.1, 0.15) is 22.6 Å². The van der Waals surface area contributed by atoms with Gasteiger partial charge in [-0.05, 0) is 79.3 Å². The third-order valence-corrected chi connectivity index (χ3v) is 6.86. The van der Waals surface area contributed by atoms with Crippen molar-refractivity contribution < 1.29 is 57.4 Å². The van der Waals surface area contributed by atoms with E-state index in [0.29, 0.717) is 16.9 Å². The molecule has 0 aromatic heterocycles. The largest absolute Gasteiger partial charge is 0.508 e. The van der Waals surface area contributed by atoms with Gasteiger partial charge in [0, 0.05) is 34.1 Å². The summed E-state index contributed by atoms with van der Waals surface area (Å²) in [5.41, 5.74) is 0.977. The quantitative estimate of drug-likeness (QED) is 0.241. The van der Waals surface area contributed by atoms with Crippen molar-refractivity contribution in [3.8, 4) is 11.5 Å². The molecule has 4 aliphatic rings. The van der Waals surface area contributed by atoms with Crippen LogP contribution in [0.25, 0.3) is 12.2 Å². The highest BCUT2D eigenvalue weighted by molar-refractivity contribution is 6.19. The number of rotatable bonds is 4. The Balaban J connectivity index is 0.000000190. The van der Waals surface area contributed by atoms with Crippen molar-refractivity contribution in [2.45, 2.75) is 77.7 Å². The Bertz CT molecular complexity index is 1490. The van der Waals surface area contributed by atoms with Crippen LogP contribution in [-0.4, -0.2) is 60.1 Å². The van der Waals surface area contributed by atoms with Crippen molar-refractivity contribution in [3.05, 3.63) is 83.1 Å². The zero-order valence-electron chi connectivity index (χ0n) is 27.4. The molecule has 0 saturated carbocycles. The number of cyclic esters (lactones) is 4. The zero-order chi connectivity index (χ0) is 34.7. The number of hydrogen-bond acceptors (Lipinski definition) is 12. The molecule has 256 valence electrons. The molecule has 2 aromatic carbocycles. The van der Waals surface area contributed by atoms with Gasteiger partial charge in [-0.25, -0.2) is 19.2 Å². The molecular formula is C36H40O12. The number of ether oxygens (including phenoxy) is 7. The van der Waals surface area contributed by atoms with Crippen molar-refractivity contribution in [2.75, 3.05) is 13.2 Å². The Labute approximate surface area is 278 Å². The molecule has 3 fully saturated rings. The number of hydrogen-bond donors (Lipinski definition) is 1. The average Bonchev–Trinajstić information content (AvgIpc) is 3.04. The number of carbonyl (C=O) groups is 4. The van der Waals surface area contributed by atoms with Crippen LogP contribution in [0.2, 0.25) is 0 Å². The molecule has 48 heavy (non-hydrogen) atoms. The molecule has 6 rings (SSSR count). The lowest BCUT2D eigenvalue weighted by Gasteiger charge is -2.29. The molecule has 12 nitrogen and oxygen atoms in total. The summed E-state index contributed by atoms with van der Waals surface area (Å²) < 4.78 is 36.2. The molecule has 3 saturated heterocycles. The van der Waals surface area contributed by atoms with E-state index >= 15 is 0 Å². The zero-order valence-corrected chi connectivity index (χ0v) is 27.4. The Kier molecular flexibility index (Phi) is 12.0. The smallest absolute Gasteiger partial charge is 0.348 e. The van der Waals surface area contributed by atoms with Gasteiger partial charge in [0.05, 0.1) is 19.5 Å². The lowest BCUT2D eigenvalue weighted by Crippen LogP contribution is -2.41. The van der Waals surface area contributed by atoms with Gasteiger partial charge in [-0.2, -0.15) is 0 Å². The Morgan fingerprint density at radius 3 is 1.56 bits per heavy atom. The predicted molar refractivity (Wildman–Crippen MR) is 172 cm³/mol. The molecule has 2 aromatic rings. The highest BCUT2D eigenvalue weighted by Crippen LogP contribution is 2.26. The molecule has 1 unspecified atom stereocenters. The molecule has 12 heteroatoms. The van der Waals surface area contributed by atoms with Crippen LogP contribution in [0.15, 0.2) is 72.0 Å². The first kappa shape index (κ1) is 35.7. The summed E-state index contributed by atoms with van der Waals surface area (Å²) in [6.07, 6.45) is 11.8. The summed E-state index contributed by atoms with van der Waals surface area (Å²) in [5.74, 6) is -4.50. The minimum absolute atomic E-state index is 0.104. The van der Waals surface area contributed by atoms with Crippen LogP contribution in [0, 0.1) is 0 Å². The summed E-state index contributed by atoms with van der Waals surface area (Å²) in [6.45, 7) is 7.63. The molecule has 0 aliphatic carbocycles. The average molecular weight is 665 g/mol. The fourth-order valence-electron chi connectivity index (χ4n) is 4.55. The third-order valence-electron chi connectivity index (χ3n) is 6.86. The second kappa shape index (κ2) is 16.1. The minimum Gasteiger partial charge on any atom is -0.508 e. The molecule has 0 amide bonds. The van der Waals surface area contributed by atoms with Gasteiger partial charge in [-0.15, -0.1) is 0 Å². The summed E-state index contributed by atoms with van der Waals surface area (Å²) >= 11 is 0. The Morgan fingerprint density at radius 2 is 1.19 bits per heavy atom. The monoisotopic (exact) mass is 664 g/mol. The fraction of sp³-hybridized carbons (Fsp3) is 0.389. The number of benzene rings is 2. The van der Waals surface area contributed by atoms with Crippen molar-refractivity contribution in [3.63, 3.8) is 0 Å². The molecule has 1 N–H and O–H groups in total. The van der Waals surface area contributed by atoms with E-state index in [9.17, 15) is 19.2 Å². The van der Waals surface area contributed by atoms with Crippen LogP contribution in [-0.2, 0) is 47.6 Å². The van der Waals surface area contributed by atoms with Crippen LogP contribution < -0.4 is 4.74 Å². The first-order valence-electron chi connectivity index (χ1n) is 15.6. The van der Waals surface area contributed by atoms with Gasteiger partial charge in [0.15, 0.2) is 6.29 Å². The highest BCUT2D eigenvalue weighted by Gasteiger charge is 2.39. The lowest BCUT2D eigenvalue weighted by atomic mass is 10.1. The maximum atomic E-state index is 11.9. The second-order valence-corrected chi connectivity index (χ2v) is 11.9. The normalized spacial score (nSPS) is 20.9. The number of phenols is 1. The summed E-state index contributed by atoms with van der Waals surface area (Å²) in [4.78, 5) is 47.1. The standard InChI is InChI=1S/C18H20O6.C13H12O5.C5H8O/c1-18(2)23-16(19)14(17(20)24-18)11-12-6-8-13(9-7-12)22-15-5-3-4-10-21-15;1-13(2)17-11(15)10(12(16)18-13)7-8-3-5-9(14)6-4-8;1-2-4-6-5-3-1/h6-9,11,15H,3-5,10H2,1-2H3;3-7,14H,1-2H3;2,4H,1,3,5H2. The van der Waals surface area contributed by atoms with Crippen LogP contribution in [0.5, 0.6) is 11.5 Å². The maximum absolute atomic E-state index is 11.9. The van der Waals surface area contributed by atoms with E-state index in [-0.39, 0.29) is 23.2 Å². The van der Waals surface area contributed by atoms with Crippen LogP contribution in [0.1, 0.15) is 70.9 Å². The van der Waals surface area contributed by atoms with Crippen LogP contribution in [0.4, 0.5) is 0 Å². The molecule has 0 bridgehead atoms. The second-order valence-electron chi connectivity index (χ2n) is 11.9. The summed E-state index contributed by atoms with van der Waals surface area (Å²) in [6, 6.07) is 13.1. The van der Waals surface area contributed by atoms with Gasteiger partial charge < -0.3 is 38.3 Å². The van der Waals surface area contributed by atoms with Crippen molar-refractivity contribution >= 4 is 36.0 Å². The molecular weight excluding hydrogens is 624 g/mol. The van der Waals surface area contributed by atoms with Crippen molar-refractivity contribution in [1.82, 2.24) is 0 Å². The SMILES string of the molecule is C1=COCCC1.CC1(C)OC(=O)C(=Cc2ccc(O)cc2)C(=O)O1.CC1(C)OC(=O)C(=Cc2ccc(OC3CCCCO3)cc2)C(=O)O1. The van der Waals surface area contributed by atoms with E-state index in [4.69, 9.17) is 38.3 Å². The van der Waals surface area contributed by atoms with Crippen molar-refractivity contribution in [2.24, 2.45) is 0 Å². The van der Waals surface area contributed by atoms with Gasteiger partial charge in [0.25, 0.3) is 11.6 Å². The van der Waals surface area contributed by atoms with Gasteiger partial charge in [-0.1, -0.05) is 24.3 Å². The highest BCUT2D eigenvalue weighted by atomic mass is 16.8. The first-order valence-corrected chi connectivity index (χ1v) is 15.6. The van der Waals surface area contributed by atoms with E-state index in [1.165, 1.54) is 64.8 Å². The number of esters is 4. The van der Waals surface area contributed by atoms with Crippen LogP contribution >= 0.6 is 0 Å². The number of carbonyl (C=O) groups excluding carboxylic acids is 4. The minimum atomic E-state index is -1.24. The van der Waals surface area contributed by atoms with Gasteiger partial charge in [-0.3, -0.25) is 0 Å². The van der Waals surface area contributed by atoms with E-state index < -0.39 is 35.5 Å². The molecule has 0 spiro atoms. The third kappa shape index (κ3) is 11.0. The van der Waals surface area contributed by atoms with Crippen LogP contribution in [0.3, 0.4) is 0 Å². The van der Waals surface area contributed by atoms with Gasteiger partial charge in [0.2, 0.25) is 0 Å². The van der Waals surface area contributed by atoms with Gasteiger partial charge >= 0.3 is 23.9 Å². The van der Waals surface area contributed by atoms with E-state index in [1.807, 2.05) is 6.08 Å².